The Balaban J connectivity index is 2.26. The number of methoxy groups -OCH3 is 1. The third-order valence-electron chi connectivity index (χ3n) is 3.02. The van der Waals surface area contributed by atoms with Gasteiger partial charge in [0, 0.05) is 18.6 Å². The number of anilines is 1. The molecule has 0 bridgehead atoms. The molecule has 0 fully saturated rings. The van der Waals surface area contributed by atoms with E-state index in [4.69, 9.17) is 19.9 Å². The van der Waals surface area contributed by atoms with E-state index >= 15 is 0 Å². The molecule has 0 amide bonds. The van der Waals surface area contributed by atoms with Crippen LogP contribution in [0.25, 0.3) is 11.3 Å². The van der Waals surface area contributed by atoms with E-state index in [1.54, 1.807) is 13.2 Å². The summed E-state index contributed by atoms with van der Waals surface area (Å²) in [7, 11) is 1.60. The maximum absolute atomic E-state index is 5.83. The van der Waals surface area contributed by atoms with Crippen molar-refractivity contribution in [2.24, 2.45) is 0 Å². The summed E-state index contributed by atoms with van der Waals surface area (Å²) in [5, 5.41) is 6.84. The number of nitrogens with two attached hydrogens (primary N) is 1. The molecule has 1 aromatic carbocycles. The largest absolute Gasteiger partial charge is 0.495 e. The molecular weight excluding hydrogens is 326 g/mol. The van der Waals surface area contributed by atoms with Crippen LogP contribution in [0.4, 0.5) is 5.82 Å². The van der Waals surface area contributed by atoms with Gasteiger partial charge in [0.2, 0.25) is 0 Å². The second-order valence-corrected chi connectivity index (χ2v) is 5.21. The lowest BCUT2D eigenvalue weighted by atomic mass is 10.1. The van der Waals surface area contributed by atoms with Crippen molar-refractivity contribution in [3.05, 3.63) is 16.6 Å². The van der Waals surface area contributed by atoms with Gasteiger partial charge >= 0.3 is 0 Å². The fourth-order valence-corrected chi connectivity index (χ4v) is 2.74. The first-order valence-electron chi connectivity index (χ1n) is 6.18. The molecule has 6 nitrogen and oxygen atoms in total. The Kier molecular flexibility index (Phi) is 3.43. The highest BCUT2D eigenvalue weighted by atomic mass is 79.9. The van der Waals surface area contributed by atoms with E-state index in [1.165, 1.54) is 0 Å². The van der Waals surface area contributed by atoms with E-state index in [1.807, 2.05) is 6.07 Å². The summed E-state index contributed by atoms with van der Waals surface area (Å²) in [6.07, 6.45) is 0.833. The van der Waals surface area contributed by atoms with Crippen LogP contribution < -0.4 is 19.9 Å². The van der Waals surface area contributed by atoms with Crippen LogP contribution in [0.2, 0.25) is 0 Å². The number of benzene rings is 1. The second-order valence-electron chi connectivity index (χ2n) is 4.35. The Bertz CT molecular complexity index is 642. The van der Waals surface area contributed by atoms with Gasteiger partial charge in [0.15, 0.2) is 11.5 Å². The van der Waals surface area contributed by atoms with Crippen LogP contribution in [0.1, 0.15) is 6.42 Å². The highest BCUT2D eigenvalue weighted by Gasteiger charge is 2.24. The predicted octanol–water partition coefficient (Wildman–Crippen LogP) is 2.59. The van der Waals surface area contributed by atoms with Crippen molar-refractivity contribution in [3.8, 4) is 28.5 Å². The molecule has 0 aliphatic carbocycles. The van der Waals surface area contributed by atoms with Gasteiger partial charge in [-0.3, -0.25) is 5.10 Å². The normalized spacial score (nSPS) is 13.9. The number of nitrogens with one attached hydrogen (secondary N) is 1. The number of nitrogen functional groups attached to an aromatic ring is 1. The molecule has 2 aromatic rings. The first-order valence-corrected chi connectivity index (χ1v) is 6.97. The Hall–Kier alpha value is -1.89. The van der Waals surface area contributed by atoms with Crippen molar-refractivity contribution in [1.29, 1.82) is 0 Å². The molecule has 3 rings (SSSR count). The van der Waals surface area contributed by atoms with Gasteiger partial charge in [-0.15, -0.1) is 0 Å². The smallest absolute Gasteiger partial charge is 0.174 e. The van der Waals surface area contributed by atoms with Crippen LogP contribution in [-0.2, 0) is 0 Å². The van der Waals surface area contributed by atoms with E-state index in [0.717, 1.165) is 22.2 Å². The molecule has 0 atom stereocenters. The van der Waals surface area contributed by atoms with E-state index in [-0.39, 0.29) is 0 Å². The Labute approximate surface area is 124 Å². The molecule has 1 aromatic heterocycles. The van der Waals surface area contributed by atoms with Gasteiger partial charge in [-0.25, -0.2) is 0 Å². The summed E-state index contributed by atoms with van der Waals surface area (Å²) in [5.41, 5.74) is 7.16. The monoisotopic (exact) mass is 339 g/mol. The number of halogens is 1. The van der Waals surface area contributed by atoms with E-state index < -0.39 is 0 Å². The average molecular weight is 340 g/mol. The number of fused-ring (bicyclic) bond motifs is 1. The Morgan fingerprint density at radius 1 is 1.35 bits per heavy atom. The first kappa shape index (κ1) is 13.1. The fourth-order valence-electron chi connectivity index (χ4n) is 2.17. The summed E-state index contributed by atoms with van der Waals surface area (Å²) in [4.78, 5) is 0. The number of H-pyrrole nitrogens is 1. The van der Waals surface area contributed by atoms with Crippen LogP contribution in [0.3, 0.4) is 0 Å². The highest BCUT2D eigenvalue weighted by molar-refractivity contribution is 9.10. The minimum absolute atomic E-state index is 0.408. The molecule has 0 saturated carbocycles. The molecule has 20 heavy (non-hydrogen) atoms. The summed E-state index contributed by atoms with van der Waals surface area (Å²) in [6.45, 7) is 1.21. The number of ether oxygens (including phenoxy) is 3. The standard InChI is InChI=1S/C13H14BrN3O3/c1-18-12-7(14)5-9-13(20-4-2-3-19-9)11(12)8-6-10(15)17-16-8/h5-6H,2-4H2,1H3,(H3,15,16,17). The molecule has 106 valence electrons. The SMILES string of the molecule is COc1c(Br)cc2c(c1-c1cc(N)n[nH]1)OCCCO2. The van der Waals surface area contributed by atoms with Crippen molar-refractivity contribution >= 4 is 21.7 Å². The van der Waals surface area contributed by atoms with Crippen molar-refractivity contribution in [2.75, 3.05) is 26.1 Å². The van der Waals surface area contributed by atoms with Gasteiger partial charge in [-0.1, -0.05) is 0 Å². The van der Waals surface area contributed by atoms with Gasteiger partial charge in [-0.2, -0.15) is 5.10 Å². The van der Waals surface area contributed by atoms with Crippen molar-refractivity contribution < 1.29 is 14.2 Å². The van der Waals surface area contributed by atoms with Crippen molar-refractivity contribution in [1.82, 2.24) is 10.2 Å². The van der Waals surface area contributed by atoms with Crippen molar-refractivity contribution in [2.45, 2.75) is 6.42 Å². The zero-order chi connectivity index (χ0) is 14.1. The maximum Gasteiger partial charge on any atom is 0.174 e. The van der Waals surface area contributed by atoms with Gasteiger partial charge < -0.3 is 19.9 Å². The number of hydrogen-bond donors (Lipinski definition) is 2. The topological polar surface area (TPSA) is 82.4 Å². The number of rotatable bonds is 2. The van der Waals surface area contributed by atoms with Crippen LogP contribution in [-0.4, -0.2) is 30.5 Å². The molecule has 0 spiro atoms. The zero-order valence-electron chi connectivity index (χ0n) is 10.9. The van der Waals surface area contributed by atoms with Gasteiger partial charge in [0.05, 0.1) is 36.1 Å². The predicted molar refractivity (Wildman–Crippen MR) is 78.3 cm³/mol. The Morgan fingerprint density at radius 2 is 2.15 bits per heavy atom. The first-order chi connectivity index (χ1) is 9.70. The minimum atomic E-state index is 0.408. The molecule has 1 aliphatic heterocycles. The van der Waals surface area contributed by atoms with Gasteiger partial charge in [0.1, 0.15) is 11.6 Å². The summed E-state index contributed by atoms with van der Waals surface area (Å²) < 4.78 is 17.8. The third kappa shape index (κ3) is 2.18. The summed E-state index contributed by atoms with van der Waals surface area (Å²) >= 11 is 3.49. The summed E-state index contributed by atoms with van der Waals surface area (Å²) in [5.74, 6) is 2.38. The number of aromatic amines is 1. The number of nitrogens with zero attached hydrogens (tertiary/aromatic N) is 1. The molecule has 7 heteroatoms. The molecule has 0 unspecified atom stereocenters. The quantitative estimate of drug-likeness (QED) is 0.878. The van der Waals surface area contributed by atoms with Crippen LogP contribution in [0.15, 0.2) is 16.6 Å². The third-order valence-corrected chi connectivity index (χ3v) is 3.61. The molecule has 0 radical (unpaired) electrons. The van der Waals surface area contributed by atoms with Crippen molar-refractivity contribution in [3.63, 3.8) is 0 Å². The zero-order valence-corrected chi connectivity index (χ0v) is 12.5. The number of hydrogen-bond acceptors (Lipinski definition) is 5. The fraction of sp³-hybridized carbons (Fsp3) is 0.308. The van der Waals surface area contributed by atoms with Crippen LogP contribution in [0.5, 0.6) is 17.2 Å². The lowest BCUT2D eigenvalue weighted by molar-refractivity contribution is 0.297. The van der Waals surface area contributed by atoms with Crippen LogP contribution in [0, 0.1) is 0 Å². The van der Waals surface area contributed by atoms with E-state index in [2.05, 4.69) is 26.1 Å². The lowest BCUT2D eigenvalue weighted by Crippen LogP contribution is -1.99. The van der Waals surface area contributed by atoms with E-state index in [0.29, 0.717) is 36.3 Å². The number of aromatic nitrogens is 2. The molecule has 0 saturated heterocycles. The second kappa shape index (κ2) is 5.24. The highest BCUT2D eigenvalue weighted by Crippen LogP contribution is 2.49. The Morgan fingerprint density at radius 3 is 2.85 bits per heavy atom. The lowest BCUT2D eigenvalue weighted by Gasteiger charge is -2.16. The van der Waals surface area contributed by atoms with Crippen LogP contribution >= 0.6 is 15.9 Å². The van der Waals surface area contributed by atoms with Gasteiger partial charge in [0.25, 0.3) is 0 Å². The van der Waals surface area contributed by atoms with Gasteiger partial charge in [-0.05, 0) is 15.9 Å². The molecular formula is C13H14BrN3O3. The average Bonchev–Trinajstić information content (AvgIpc) is 2.72. The molecule has 2 heterocycles. The maximum atomic E-state index is 5.83. The molecule has 3 N–H and O–H groups in total. The van der Waals surface area contributed by atoms with E-state index in [9.17, 15) is 0 Å². The minimum Gasteiger partial charge on any atom is -0.495 e. The summed E-state index contributed by atoms with van der Waals surface area (Å²) in [6, 6.07) is 3.58. The molecule has 1 aliphatic rings.